The molecule has 0 amide bonds. The van der Waals surface area contributed by atoms with E-state index in [1.165, 1.54) is 12.4 Å². The number of hydrogen-bond acceptors (Lipinski definition) is 4. The summed E-state index contributed by atoms with van der Waals surface area (Å²) >= 11 is 0. The molecule has 5 nitrogen and oxygen atoms in total. The molecule has 0 radical (unpaired) electrons. The van der Waals surface area contributed by atoms with Crippen molar-refractivity contribution in [1.29, 1.82) is 0 Å². The minimum Gasteiger partial charge on any atom is -0.619 e. The van der Waals surface area contributed by atoms with E-state index in [-0.39, 0.29) is 5.78 Å². The average molecular weight is 297 g/mol. The maximum Gasteiger partial charge on any atom is 0.190 e. The van der Waals surface area contributed by atoms with Crippen molar-refractivity contribution in [3.8, 4) is 11.5 Å². The molecule has 0 fully saturated rings. The van der Waals surface area contributed by atoms with E-state index in [9.17, 15) is 10.0 Å². The number of fused-ring (bicyclic) bond motifs is 1. The fourth-order valence-electron chi connectivity index (χ4n) is 2.55. The number of pyridine rings is 1. The summed E-state index contributed by atoms with van der Waals surface area (Å²) in [5.74, 6) is 1.12. The van der Waals surface area contributed by atoms with Gasteiger partial charge in [-0.1, -0.05) is 0 Å². The van der Waals surface area contributed by atoms with Crippen molar-refractivity contribution < 1.29 is 19.0 Å². The third-order valence-corrected chi connectivity index (χ3v) is 3.69. The number of allylic oxidation sites excluding steroid dienone is 1. The lowest BCUT2D eigenvalue weighted by Crippen LogP contribution is -2.23. The Labute approximate surface area is 128 Å². The first kappa shape index (κ1) is 14.1. The van der Waals surface area contributed by atoms with E-state index in [1.54, 1.807) is 38.5 Å². The Morgan fingerprint density at radius 1 is 1.09 bits per heavy atom. The molecule has 1 aliphatic carbocycles. The molecule has 0 bridgehead atoms. The van der Waals surface area contributed by atoms with Crippen LogP contribution in [-0.4, -0.2) is 20.0 Å². The molecule has 0 unspecified atom stereocenters. The van der Waals surface area contributed by atoms with Crippen molar-refractivity contribution in [2.24, 2.45) is 0 Å². The van der Waals surface area contributed by atoms with E-state index in [1.807, 2.05) is 6.08 Å². The first-order valence-electron chi connectivity index (χ1n) is 6.81. The van der Waals surface area contributed by atoms with Gasteiger partial charge in [0.25, 0.3) is 0 Å². The maximum atomic E-state index is 12.5. The number of hydrogen-bond donors (Lipinski definition) is 0. The molecule has 22 heavy (non-hydrogen) atoms. The summed E-state index contributed by atoms with van der Waals surface area (Å²) in [5, 5.41) is 11.1. The molecular weight excluding hydrogens is 282 g/mol. The normalized spacial score (nSPS) is 12.8. The quantitative estimate of drug-likeness (QED) is 0.641. The minimum atomic E-state index is -0.0187. The Morgan fingerprint density at radius 2 is 1.73 bits per heavy atom. The number of carbonyl (C=O) groups excluding carboxylic acids is 1. The second-order valence-corrected chi connectivity index (χ2v) is 5.04. The summed E-state index contributed by atoms with van der Waals surface area (Å²) in [5.41, 5.74) is 3.04. The van der Waals surface area contributed by atoms with Crippen molar-refractivity contribution in [2.45, 2.75) is 6.42 Å². The smallest absolute Gasteiger partial charge is 0.190 e. The molecule has 1 aliphatic rings. The third-order valence-electron chi connectivity index (χ3n) is 3.69. The molecule has 5 heteroatoms. The fourth-order valence-corrected chi connectivity index (χ4v) is 2.55. The number of rotatable bonds is 4. The van der Waals surface area contributed by atoms with Gasteiger partial charge >= 0.3 is 0 Å². The van der Waals surface area contributed by atoms with Gasteiger partial charge in [0.15, 0.2) is 29.7 Å². The molecule has 3 rings (SSSR count). The minimum absolute atomic E-state index is 0.0187. The van der Waals surface area contributed by atoms with E-state index < -0.39 is 0 Å². The monoisotopic (exact) mass is 297 g/mol. The van der Waals surface area contributed by atoms with Crippen LogP contribution in [0.1, 0.15) is 21.5 Å². The molecule has 0 aliphatic heterocycles. The van der Waals surface area contributed by atoms with Crippen LogP contribution < -0.4 is 14.2 Å². The Kier molecular flexibility index (Phi) is 3.55. The van der Waals surface area contributed by atoms with E-state index in [4.69, 9.17) is 9.47 Å². The molecule has 2 aromatic rings. The second-order valence-electron chi connectivity index (χ2n) is 5.04. The fraction of sp³-hybridized carbons (Fsp3) is 0.176. The summed E-state index contributed by atoms with van der Waals surface area (Å²) < 4.78 is 11.2. The van der Waals surface area contributed by atoms with Crippen LogP contribution in [-0.2, 0) is 6.42 Å². The third kappa shape index (κ3) is 2.41. The number of ketones is 1. The standard InChI is InChI=1S/C17H15NO4/c1-21-15-9-12-8-13(7-11-3-5-18(20)6-4-11)17(19)14(12)10-16(15)22-2/h3-6,8-10H,7H2,1-2H3. The van der Waals surface area contributed by atoms with Gasteiger partial charge in [0.2, 0.25) is 0 Å². The predicted molar refractivity (Wildman–Crippen MR) is 81.0 cm³/mol. The summed E-state index contributed by atoms with van der Waals surface area (Å²) in [6.07, 6.45) is 5.19. The van der Waals surface area contributed by atoms with Crippen molar-refractivity contribution in [2.75, 3.05) is 14.2 Å². The largest absolute Gasteiger partial charge is 0.619 e. The molecular formula is C17H15NO4. The predicted octanol–water partition coefficient (Wildman–Crippen LogP) is 2.16. The average Bonchev–Trinajstić information content (AvgIpc) is 2.83. The van der Waals surface area contributed by atoms with Crippen molar-refractivity contribution >= 4 is 11.9 Å². The maximum absolute atomic E-state index is 12.5. The van der Waals surface area contributed by atoms with Gasteiger partial charge in [0.1, 0.15) is 0 Å². The lowest BCUT2D eigenvalue weighted by Gasteiger charge is -2.09. The number of carbonyl (C=O) groups is 1. The molecule has 0 N–H and O–H groups in total. The van der Waals surface area contributed by atoms with Crippen LogP contribution in [0.2, 0.25) is 0 Å². The summed E-state index contributed by atoms with van der Waals surface area (Å²) in [6, 6.07) is 6.93. The van der Waals surface area contributed by atoms with Gasteiger partial charge in [-0.05, 0) is 29.3 Å². The van der Waals surface area contributed by atoms with E-state index in [2.05, 4.69) is 0 Å². The van der Waals surface area contributed by atoms with Gasteiger partial charge in [-0.3, -0.25) is 4.79 Å². The summed E-state index contributed by atoms with van der Waals surface area (Å²) in [6.45, 7) is 0. The Hall–Kier alpha value is -2.82. The van der Waals surface area contributed by atoms with Crippen LogP contribution in [0.3, 0.4) is 0 Å². The molecule has 1 aromatic heterocycles. The van der Waals surface area contributed by atoms with Crippen LogP contribution >= 0.6 is 0 Å². The number of nitrogens with zero attached hydrogens (tertiary/aromatic N) is 1. The zero-order valence-corrected chi connectivity index (χ0v) is 12.3. The molecule has 0 spiro atoms. The first-order chi connectivity index (χ1) is 10.6. The van der Waals surface area contributed by atoms with Crippen LogP contribution in [0.5, 0.6) is 11.5 Å². The molecule has 0 atom stereocenters. The topological polar surface area (TPSA) is 62.5 Å². The number of Topliss-reactive ketones (excluding diaryl/α,β-unsaturated/α-hetero) is 1. The highest BCUT2D eigenvalue weighted by atomic mass is 16.5. The van der Waals surface area contributed by atoms with Crippen LogP contribution in [0.15, 0.2) is 42.2 Å². The van der Waals surface area contributed by atoms with E-state index in [0.29, 0.717) is 29.1 Å². The van der Waals surface area contributed by atoms with Crippen LogP contribution in [0.4, 0.5) is 0 Å². The highest BCUT2D eigenvalue weighted by Gasteiger charge is 2.25. The van der Waals surface area contributed by atoms with Crippen molar-refractivity contribution in [3.05, 3.63) is 64.1 Å². The molecule has 0 saturated heterocycles. The van der Waals surface area contributed by atoms with Gasteiger partial charge in [0, 0.05) is 29.7 Å². The SMILES string of the molecule is COc1cc2c(cc1OC)C(=O)C(Cc1cc[n+]([O-])cc1)=C2. The number of methoxy groups -OCH3 is 2. The number of benzene rings is 1. The highest BCUT2D eigenvalue weighted by molar-refractivity contribution is 6.18. The van der Waals surface area contributed by atoms with Crippen LogP contribution in [0, 0.1) is 5.21 Å². The Bertz CT molecular complexity index is 763. The highest BCUT2D eigenvalue weighted by Crippen LogP contribution is 2.36. The van der Waals surface area contributed by atoms with E-state index in [0.717, 1.165) is 15.9 Å². The molecule has 1 aromatic carbocycles. The molecule has 1 heterocycles. The summed E-state index contributed by atoms with van der Waals surface area (Å²) in [4.78, 5) is 12.5. The molecule has 112 valence electrons. The zero-order valence-electron chi connectivity index (χ0n) is 12.3. The zero-order chi connectivity index (χ0) is 15.7. The first-order valence-corrected chi connectivity index (χ1v) is 6.81. The van der Waals surface area contributed by atoms with Gasteiger partial charge in [-0.25, -0.2) is 0 Å². The van der Waals surface area contributed by atoms with Crippen molar-refractivity contribution in [3.63, 3.8) is 0 Å². The van der Waals surface area contributed by atoms with Gasteiger partial charge in [-0.2, -0.15) is 4.73 Å². The van der Waals surface area contributed by atoms with E-state index >= 15 is 0 Å². The van der Waals surface area contributed by atoms with Crippen molar-refractivity contribution in [1.82, 2.24) is 0 Å². The Balaban J connectivity index is 1.92. The van der Waals surface area contributed by atoms with Gasteiger partial charge < -0.3 is 14.7 Å². The van der Waals surface area contributed by atoms with Gasteiger partial charge in [-0.15, -0.1) is 0 Å². The lowest BCUT2D eigenvalue weighted by atomic mass is 10.0. The molecule has 0 saturated carbocycles. The summed E-state index contributed by atoms with van der Waals surface area (Å²) in [7, 11) is 3.11. The lowest BCUT2D eigenvalue weighted by molar-refractivity contribution is -0.605. The van der Waals surface area contributed by atoms with Gasteiger partial charge in [0.05, 0.1) is 14.2 Å². The number of ether oxygens (including phenoxy) is 2. The van der Waals surface area contributed by atoms with Crippen LogP contribution in [0.25, 0.3) is 6.08 Å². The Morgan fingerprint density at radius 3 is 2.36 bits per heavy atom. The second kappa shape index (κ2) is 5.52. The number of aromatic nitrogens is 1.